The van der Waals surface area contributed by atoms with Crippen molar-refractivity contribution < 1.29 is 27.9 Å². The maximum atomic E-state index is 13.4. The number of fused-ring (bicyclic) bond motifs is 1. The van der Waals surface area contributed by atoms with Crippen molar-refractivity contribution in [1.82, 2.24) is 24.6 Å². The lowest BCUT2D eigenvalue weighted by atomic mass is 10.1. The number of anilines is 1. The maximum Gasteiger partial charge on any atom is 0.276 e. The van der Waals surface area contributed by atoms with E-state index in [0.29, 0.717) is 40.8 Å². The Morgan fingerprint density at radius 3 is 2.40 bits per heavy atom. The number of nitrogens with zero attached hydrogens (tertiary/aromatic N) is 4. The third kappa shape index (κ3) is 5.98. The van der Waals surface area contributed by atoms with Gasteiger partial charge in [-0.05, 0) is 44.2 Å². The molecular formula is C27H27F2N7O4. The minimum Gasteiger partial charge on any atom is -0.494 e. The summed E-state index contributed by atoms with van der Waals surface area (Å²) in [5.41, 5.74) is 7.37. The molecule has 11 nitrogen and oxygen atoms in total. The van der Waals surface area contributed by atoms with E-state index in [2.05, 4.69) is 20.7 Å². The summed E-state index contributed by atoms with van der Waals surface area (Å²) >= 11 is 0. The predicted octanol–water partition coefficient (Wildman–Crippen LogP) is 3.19. The Bertz CT molecular complexity index is 1620. The van der Waals surface area contributed by atoms with E-state index >= 15 is 0 Å². The first-order valence-corrected chi connectivity index (χ1v) is 12.2. The number of carbonyl (C=O) groups is 3. The third-order valence-electron chi connectivity index (χ3n) is 5.93. The lowest BCUT2D eigenvalue weighted by Gasteiger charge is -2.11. The number of nitrogens with one attached hydrogen (secondary N) is 2. The van der Waals surface area contributed by atoms with Crippen LogP contribution in [-0.4, -0.2) is 50.7 Å². The quantitative estimate of drug-likeness (QED) is 0.258. The fourth-order valence-corrected chi connectivity index (χ4v) is 4.14. The molecule has 0 bridgehead atoms. The molecule has 2 aromatic heterocycles. The molecule has 3 amide bonds. The van der Waals surface area contributed by atoms with Crippen molar-refractivity contribution >= 4 is 34.7 Å². The predicted molar refractivity (Wildman–Crippen MR) is 143 cm³/mol. The van der Waals surface area contributed by atoms with E-state index in [0.717, 1.165) is 12.1 Å². The summed E-state index contributed by atoms with van der Waals surface area (Å²) in [4.78, 5) is 41.8. The second-order valence-electron chi connectivity index (χ2n) is 8.74. The van der Waals surface area contributed by atoms with Crippen molar-refractivity contribution in [2.75, 3.05) is 19.0 Å². The molecule has 208 valence electrons. The molecule has 13 heteroatoms. The molecule has 0 spiro atoms. The standard InChI is InChI=1S/C27H27F2N7O4/c1-4-36-21(9-15(2)34-36)26(39)33-27-32-20-12-16(24(30)37)13-22(40-3)23(20)35(27)8-6-5-7-31-25(38)17-10-18(28)14-19(29)11-17/h5-6,9-14H,4,7-8H2,1-3H3,(H2,30,37)(H,31,38)(H,32,33,39)/b6-5+. The van der Waals surface area contributed by atoms with E-state index in [9.17, 15) is 23.2 Å². The van der Waals surface area contributed by atoms with Crippen LogP contribution in [0.25, 0.3) is 11.0 Å². The van der Waals surface area contributed by atoms with Crippen molar-refractivity contribution in [2.45, 2.75) is 26.9 Å². The highest BCUT2D eigenvalue weighted by atomic mass is 19.1. The molecule has 0 saturated carbocycles. The molecule has 0 aliphatic heterocycles. The topological polar surface area (TPSA) is 146 Å². The summed E-state index contributed by atoms with van der Waals surface area (Å²) < 4.78 is 35.5. The van der Waals surface area contributed by atoms with Gasteiger partial charge < -0.3 is 20.4 Å². The summed E-state index contributed by atoms with van der Waals surface area (Å²) in [7, 11) is 1.43. The van der Waals surface area contributed by atoms with E-state index in [4.69, 9.17) is 10.5 Å². The van der Waals surface area contributed by atoms with Gasteiger partial charge in [-0.15, -0.1) is 0 Å². The lowest BCUT2D eigenvalue weighted by molar-refractivity contribution is 0.0954. The summed E-state index contributed by atoms with van der Waals surface area (Å²) in [5, 5.41) is 9.66. The average molecular weight is 552 g/mol. The Hall–Kier alpha value is -5.07. The summed E-state index contributed by atoms with van der Waals surface area (Å²) in [6.45, 7) is 4.36. The van der Waals surface area contributed by atoms with E-state index in [-0.39, 0.29) is 30.2 Å². The Labute approximate surface area is 227 Å². The Kier molecular flexibility index (Phi) is 8.22. The smallest absolute Gasteiger partial charge is 0.276 e. The molecule has 0 unspecified atom stereocenters. The molecule has 2 heterocycles. The van der Waals surface area contributed by atoms with Crippen LogP contribution < -0.4 is 21.1 Å². The zero-order chi connectivity index (χ0) is 29.0. The van der Waals surface area contributed by atoms with Gasteiger partial charge in [0.05, 0.1) is 18.3 Å². The van der Waals surface area contributed by atoms with Crippen LogP contribution in [0.5, 0.6) is 5.75 Å². The monoisotopic (exact) mass is 551 g/mol. The summed E-state index contributed by atoms with van der Waals surface area (Å²) in [6, 6.07) is 7.19. The molecule has 4 N–H and O–H groups in total. The van der Waals surface area contributed by atoms with Crippen LogP contribution in [0.3, 0.4) is 0 Å². The molecule has 4 aromatic rings. The van der Waals surface area contributed by atoms with Crippen molar-refractivity contribution in [1.29, 1.82) is 0 Å². The zero-order valence-corrected chi connectivity index (χ0v) is 22.0. The second kappa shape index (κ2) is 11.8. The number of methoxy groups -OCH3 is 1. The number of imidazole rings is 1. The van der Waals surface area contributed by atoms with Crippen LogP contribution in [0.4, 0.5) is 14.7 Å². The Morgan fingerprint density at radius 1 is 1.02 bits per heavy atom. The second-order valence-corrected chi connectivity index (χ2v) is 8.74. The van der Waals surface area contributed by atoms with Crippen LogP contribution in [0, 0.1) is 18.6 Å². The number of allylic oxidation sites excluding steroid dienone is 1. The number of hydrogen-bond acceptors (Lipinski definition) is 6. The highest BCUT2D eigenvalue weighted by Gasteiger charge is 2.21. The van der Waals surface area contributed by atoms with Gasteiger partial charge in [-0.3, -0.25) is 24.4 Å². The fraction of sp³-hybridized carbons (Fsp3) is 0.222. The molecule has 2 aromatic carbocycles. The molecule has 40 heavy (non-hydrogen) atoms. The van der Waals surface area contributed by atoms with Gasteiger partial charge >= 0.3 is 0 Å². The van der Waals surface area contributed by atoms with Crippen molar-refractivity contribution in [3.05, 3.63) is 82.7 Å². The van der Waals surface area contributed by atoms with Crippen LogP contribution in [0.2, 0.25) is 0 Å². The number of halogens is 2. The number of benzene rings is 2. The molecule has 0 saturated heterocycles. The summed E-state index contributed by atoms with van der Waals surface area (Å²) in [5.74, 6) is -2.98. The number of hydrogen-bond donors (Lipinski definition) is 3. The molecule has 0 atom stereocenters. The molecule has 4 rings (SSSR count). The molecule has 0 aliphatic rings. The Balaban J connectivity index is 1.61. The number of carbonyl (C=O) groups excluding carboxylic acids is 3. The van der Waals surface area contributed by atoms with Crippen LogP contribution in [-0.2, 0) is 13.1 Å². The highest BCUT2D eigenvalue weighted by molar-refractivity contribution is 6.04. The number of rotatable bonds is 10. The van der Waals surface area contributed by atoms with Gasteiger partial charge in [0.2, 0.25) is 11.9 Å². The first-order chi connectivity index (χ1) is 19.1. The van der Waals surface area contributed by atoms with E-state index in [1.54, 1.807) is 34.4 Å². The van der Waals surface area contributed by atoms with Crippen molar-refractivity contribution in [2.24, 2.45) is 5.73 Å². The summed E-state index contributed by atoms with van der Waals surface area (Å²) in [6.07, 6.45) is 3.33. The Morgan fingerprint density at radius 2 is 1.75 bits per heavy atom. The molecule has 0 fully saturated rings. The highest BCUT2D eigenvalue weighted by Crippen LogP contribution is 2.31. The normalized spacial score (nSPS) is 11.2. The van der Waals surface area contributed by atoms with Crippen molar-refractivity contribution in [3.63, 3.8) is 0 Å². The van der Waals surface area contributed by atoms with E-state index in [1.807, 2.05) is 6.92 Å². The first kappa shape index (κ1) is 28.0. The van der Waals surface area contributed by atoms with Gasteiger partial charge in [0.1, 0.15) is 28.6 Å². The molecular weight excluding hydrogens is 524 g/mol. The van der Waals surface area contributed by atoms with Crippen LogP contribution in [0.1, 0.15) is 43.8 Å². The van der Waals surface area contributed by atoms with Gasteiger partial charge in [-0.1, -0.05) is 12.2 Å². The maximum absolute atomic E-state index is 13.4. The largest absolute Gasteiger partial charge is 0.494 e. The lowest BCUT2D eigenvalue weighted by Crippen LogP contribution is -2.23. The first-order valence-electron chi connectivity index (χ1n) is 12.2. The van der Waals surface area contributed by atoms with E-state index < -0.39 is 29.4 Å². The number of amides is 3. The zero-order valence-electron chi connectivity index (χ0n) is 22.0. The number of primary amides is 1. The third-order valence-corrected chi connectivity index (χ3v) is 5.93. The number of aryl methyl sites for hydroxylation is 2. The van der Waals surface area contributed by atoms with Gasteiger partial charge in [0.25, 0.3) is 11.8 Å². The van der Waals surface area contributed by atoms with Gasteiger partial charge in [0, 0.05) is 36.8 Å². The fourth-order valence-electron chi connectivity index (χ4n) is 4.14. The van der Waals surface area contributed by atoms with E-state index in [1.165, 1.54) is 19.2 Å². The molecule has 0 aliphatic carbocycles. The SMILES string of the molecule is CCn1nc(C)cc1C(=O)Nc1nc2cc(C(N)=O)cc(OC)c2n1C/C=C/CNC(=O)c1cc(F)cc(F)c1. The minimum atomic E-state index is -0.854. The number of aromatic nitrogens is 4. The average Bonchev–Trinajstić information content (AvgIpc) is 3.46. The molecule has 0 radical (unpaired) electrons. The van der Waals surface area contributed by atoms with Crippen LogP contribution in [0.15, 0.2) is 48.6 Å². The number of ether oxygens (including phenoxy) is 1. The van der Waals surface area contributed by atoms with Gasteiger partial charge in [0.15, 0.2) is 0 Å². The minimum absolute atomic E-state index is 0.0587. The number of nitrogens with two attached hydrogens (primary N) is 1. The van der Waals surface area contributed by atoms with Crippen molar-refractivity contribution in [3.8, 4) is 5.75 Å². The van der Waals surface area contributed by atoms with Gasteiger partial charge in [-0.2, -0.15) is 5.10 Å². The van der Waals surface area contributed by atoms with Crippen LogP contribution >= 0.6 is 0 Å². The van der Waals surface area contributed by atoms with Gasteiger partial charge in [-0.25, -0.2) is 13.8 Å².